The fourth-order valence-corrected chi connectivity index (χ4v) is 2.45. The van der Waals surface area contributed by atoms with Crippen molar-refractivity contribution in [2.24, 2.45) is 5.73 Å². The van der Waals surface area contributed by atoms with Crippen LogP contribution in [-0.4, -0.2) is 21.7 Å². The lowest BCUT2D eigenvalue weighted by atomic mass is 9.82. The Morgan fingerprint density at radius 2 is 2.11 bits per heavy atom. The molecule has 0 amide bonds. The SMILES string of the molecule is CCC(CC)(CN)c1nc(-c2ncccc2Br)no1. The third-order valence-corrected chi connectivity index (χ3v) is 4.23. The Labute approximate surface area is 120 Å². The van der Waals surface area contributed by atoms with Crippen molar-refractivity contribution >= 4 is 15.9 Å². The number of hydrogen-bond acceptors (Lipinski definition) is 5. The van der Waals surface area contributed by atoms with E-state index in [0.717, 1.165) is 17.3 Å². The van der Waals surface area contributed by atoms with Crippen molar-refractivity contribution in [3.8, 4) is 11.5 Å². The Hall–Kier alpha value is -1.27. The molecular formula is C13H17BrN4O. The summed E-state index contributed by atoms with van der Waals surface area (Å²) >= 11 is 3.44. The van der Waals surface area contributed by atoms with Gasteiger partial charge in [-0.3, -0.25) is 4.98 Å². The predicted octanol–water partition coefficient (Wildman–Crippen LogP) is 2.91. The van der Waals surface area contributed by atoms with Crippen LogP contribution in [0.15, 0.2) is 27.3 Å². The molecule has 2 N–H and O–H groups in total. The van der Waals surface area contributed by atoms with Crippen LogP contribution in [0.1, 0.15) is 32.6 Å². The summed E-state index contributed by atoms with van der Waals surface area (Å²) in [5.74, 6) is 1.08. The van der Waals surface area contributed by atoms with Gasteiger partial charge in [0.25, 0.3) is 0 Å². The van der Waals surface area contributed by atoms with Crippen molar-refractivity contribution in [3.63, 3.8) is 0 Å². The lowest BCUT2D eigenvalue weighted by Gasteiger charge is -2.24. The first-order valence-electron chi connectivity index (χ1n) is 6.32. The molecule has 0 radical (unpaired) electrons. The van der Waals surface area contributed by atoms with Gasteiger partial charge in [0, 0.05) is 17.2 Å². The van der Waals surface area contributed by atoms with E-state index < -0.39 is 0 Å². The molecular weight excluding hydrogens is 308 g/mol. The second-order valence-corrected chi connectivity index (χ2v) is 5.30. The van der Waals surface area contributed by atoms with Gasteiger partial charge in [-0.2, -0.15) is 4.98 Å². The van der Waals surface area contributed by atoms with Gasteiger partial charge in [0.2, 0.25) is 11.7 Å². The molecule has 0 saturated heterocycles. The average molecular weight is 325 g/mol. The van der Waals surface area contributed by atoms with Crippen LogP contribution in [0.25, 0.3) is 11.5 Å². The molecule has 2 heterocycles. The van der Waals surface area contributed by atoms with E-state index in [-0.39, 0.29) is 5.41 Å². The van der Waals surface area contributed by atoms with Crippen molar-refractivity contribution < 1.29 is 4.52 Å². The summed E-state index contributed by atoms with van der Waals surface area (Å²) in [5.41, 5.74) is 6.32. The summed E-state index contributed by atoms with van der Waals surface area (Å²) in [7, 11) is 0. The molecule has 2 rings (SSSR count). The number of hydrogen-bond donors (Lipinski definition) is 1. The number of halogens is 1. The van der Waals surface area contributed by atoms with Crippen molar-refractivity contribution in [2.45, 2.75) is 32.1 Å². The number of nitrogens with zero attached hydrogens (tertiary/aromatic N) is 3. The van der Waals surface area contributed by atoms with E-state index >= 15 is 0 Å². The zero-order valence-corrected chi connectivity index (χ0v) is 12.6. The summed E-state index contributed by atoms with van der Waals surface area (Å²) < 4.78 is 6.25. The smallest absolute Gasteiger partial charge is 0.234 e. The number of nitrogens with two attached hydrogens (primary N) is 1. The van der Waals surface area contributed by atoms with Crippen molar-refractivity contribution in [1.82, 2.24) is 15.1 Å². The molecule has 0 bridgehead atoms. The topological polar surface area (TPSA) is 77.8 Å². The van der Waals surface area contributed by atoms with E-state index in [2.05, 4.69) is 44.9 Å². The maximum absolute atomic E-state index is 5.89. The highest BCUT2D eigenvalue weighted by Gasteiger charge is 2.33. The second-order valence-electron chi connectivity index (χ2n) is 4.45. The fraction of sp³-hybridized carbons (Fsp3) is 0.462. The van der Waals surface area contributed by atoms with Gasteiger partial charge in [-0.15, -0.1) is 0 Å². The molecule has 0 aliphatic heterocycles. The molecule has 102 valence electrons. The van der Waals surface area contributed by atoms with Crippen LogP contribution in [0.5, 0.6) is 0 Å². The van der Waals surface area contributed by atoms with Crippen LogP contribution in [0.4, 0.5) is 0 Å². The molecule has 0 aliphatic rings. The van der Waals surface area contributed by atoms with Gasteiger partial charge >= 0.3 is 0 Å². The minimum atomic E-state index is -0.244. The van der Waals surface area contributed by atoms with Crippen molar-refractivity contribution in [3.05, 3.63) is 28.7 Å². The zero-order chi connectivity index (χ0) is 13.9. The largest absolute Gasteiger partial charge is 0.338 e. The van der Waals surface area contributed by atoms with Crippen LogP contribution in [-0.2, 0) is 5.41 Å². The van der Waals surface area contributed by atoms with Crippen molar-refractivity contribution in [2.75, 3.05) is 6.54 Å². The van der Waals surface area contributed by atoms with E-state index in [0.29, 0.717) is 24.0 Å². The van der Waals surface area contributed by atoms with E-state index in [1.54, 1.807) is 6.20 Å². The van der Waals surface area contributed by atoms with E-state index in [1.807, 2.05) is 12.1 Å². The van der Waals surface area contributed by atoms with Crippen LogP contribution in [0.3, 0.4) is 0 Å². The van der Waals surface area contributed by atoms with Gasteiger partial charge in [0.15, 0.2) is 0 Å². The highest BCUT2D eigenvalue weighted by atomic mass is 79.9. The van der Waals surface area contributed by atoms with Crippen LogP contribution >= 0.6 is 15.9 Å². The number of pyridine rings is 1. The van der Waals surface area contributed by atoms with Crippen LogP contribution in [0.2, 0.25) is 0 Å². The van der Waals surface area contributed by atoms with Gasteiger partial charge in [0.05, 0.1) is 5.41 Å². The van der Waals surface area contributed by atoms with E-state index in [4.69, 9.17) is 10.3 Å². The first-order chi connectivity index (χ1) is 9.16. The monoisotopic (exact) mass is 324 g/mol. The van der Waals surface area contributed by atoms with Gasteiger partial charge < -0.3 is 10.3 Å². The molecule has 0 fully saturated rings. The van der Waals surface area contributed by atoms with Gasteiger partial charge in [-0.25, -0.2) is 0 Å². The molecule has 0 spiro atoms. The minimum absolute atomic E-state index is 0.244. The molecule has 19 heavy (non-hydrogen) atoms. The molecule has 0 aromatic carbocycles. The third kappa shape index (κ3) is 2.55. The molecule has 6 heteroatoms. The number of rotatable bonds is 5. The fourth-order valence-electron chi connectivity index (χ4n) is 2.01. The van der Waals surface area contributed by atoms with Gasteiger partial charge in [0.1, 0.15) is 5.69 Å². The molecule has 0 unspecified atom stereocenters. The minimum Gasteiger partial charge on any atom is -0.338 e. The first kappa shape index (κ1) is 14.1. The summed E-state index contributed by atoms with van der Waals surface area (Å²) in [5, 5.41) is 4.02. The summed E-state index contributed by atoms with van der Waals surface area (Å²) in [6, 6.07) is 3.74. The van der Waals surface area contributed by atoms with Crippen LogP contribution in [0, 0.1) is 0 Å². The Balaban J connectivity index is 2.42. The molecule has 0 saturated carbocycles. The van der Waals surface area contributed by atoms with E-state index in [9.17, 15) is 0 Å². The first-order valence-corrected chi connectivity index (χ1v) is 7.11. The number of aromatic nitrogens is 3. The average Bonchev–Trinajstić information content (AvgIpc) is 2.92. The highest BCUT2D eigenvalue weighted by molar-refractivity contribution is 9.10. The molecule has 0 aliphatic carbocycles. The standard InChI is InChI=1S/C13H17BrN4O/c1-3-13(4-2,8-15)12-17-11(18-19-12)10-9(14)6-5-7-16-10/h5-7H,3-4,8,15H2,1-2H3. The Kier molecular flexibility index (Phi) is 4.31. The predicted molar refractivity (Wildman–Crippen MR) is 76.5 cm³/mol. The molecule has 2 aromatic heterocycles. The maximum Gasteiger partial charge on any atom is 0.234 e. The third-order valence-electron chi connectivity index (χ3n) is 3.59. The summed E-state index contributed by atoms with van der Waals surface area (Å²) in [4.78, 5) is 8.73. The lowest BCUT2D eigenvalue weighted by Crippen LogP contribution is -2.34. The zero-order valence-electron chi connectivity index (χ0n) is 11.1. The summed E-state index contributed by atoms with van der Waals surface area (Å²) in [6.07, 6.45) is 3.43. The molecule has 5 nitrogen and oxygen atoms in total. The summed E-state index contributed by atoms with van der Waals surface area (Å²) in [6.45, 7) is 4.65. The van der Waals surface area contributed by atoms with Crippen LogP contribution < -0.4 is 5.73 Å². The molecule has 2 aromatic rings. The van der Waals surface area contributed by atoms with Gasteiger partial charge in [-0.05, 0) is 40.9 Å². The quantitative estimate of drug-likeness (QED) is 0.914. The Bertz CT molecular complexity index is 543. The van der Waals surface area contributed by atoms with Crippen molar-refractivity contribution in [1.29, 1.82) is 0 Å². The lowest BCUT2D eigenvalue weighted by molar-refractivity contribution is 0.267. The highest BCUT2D eigenvalue weighted by Crippen LogP contribution is 2.31. The maximum atomic E-state index is 5.89. The van der Waals surface area contributed by atoms with Gasteiger partial charge in [-0.1, -0.05) is 19.0 Å². The molecule has 0 atom stereocenters. The van der Waals surface area contributed by atoms with E-state index in [1.165, 1.54) is 0 Å². The normalized spacial score (nSPS) is 11.8. The second kappa shape index (κ2) is 5.79. The Morgan fingerprint density at radius 1 is 1.37 bits per heavy atom. The Morgan fingerprint density at radius 3 is 2.68 bits per heavy atom.